The molecule has 2 rings (SSSR count). The first-order valence-electron chi connectivity index (χ1n) is 6.55. The largest absolute Gasteiger partial charge is 0.484 e. The number of aryl methyl sites for hydroxylation is 1. The minimum Gasteiger partial charge on any atom is -0.484 e. The minimum absolute atomic E-state index is 0.0402. The third-order valence-electron chi connectivity index (χ3n) is 2.90. The number of nitrogens with two attached hydrogens (primary N) is 1. The first-order chi connectivity index (χ1) is 9.69. The number of nitrogen functional groups attached to an aromatic ring is 1. The molecule has 4 nitrogen and oxygen atoms in total. The number of anilines is 2. The van der Waals surface area contributed by atoms with Gasteiger partial charge in [-0.25, -0.2) is 0 Å². The third-order valence-corrected chi connectivity index (χ3v) is 2.90. The highest BCUT2D eigenvalue weighted by molar-refractivity contribution is 5.92. The molecule has 1 amide bonds. The summed E-state index contributed by atoms with van der Waals surface area (Å²) in [6, 6.07) is 14.7. The molecule has 0 aliphatic rings. The monoisotopic (exact) mass is 270 g/mol. The average Bonchev–Trinajstić information content (AvgIpc) is 2.46. The molecule has 0 fully saturated rings. The highest BCUT2D eigenvalue weighted by Crippen LogP contribution is 2.16. The van der Waals surface area contributed by atoms with Gasteiger partial charge in [-0.1, -0.05) is 31.2 Å². The van der Waals surface area contributed by atoms with Gasteiger partial charge in [0.1, 0.15) is 5.75 Å². The molecule has 0 aromatic heterocycles. The maximum absolute atomic E-state index is 11.9. The van der Waals surface area contributed by atoms with Crippen molar-refractivity contribution >= 4 is 17.3 Å². The number of benzene rings is 2. The van der Waals surface area contributed by atoms with Gasteiger partial charge in [0.25, 0.3) is 5.91 Å². The Hall–Kier alpha value is -2.49. The molecule has 4 heteroatoms. The summed E-state index contributed by atoms with van der Waals surface area (Å²) in [7, 11) is 0. The molecule has 3 N–H and O–H groups in total. The van der Waals surface area contributed by atoms with E-state index in [1.807, 2.05) is 31.2 Å². The molecule has 0 heterocycles. The lowest BCUT2D eigenvalue weighted by Crippen LogP contribution is -2.20. The number of hydrogen-bond donors (Lipinski definition) is 2. The minimum atomic E-state index is -0.187. The van der Waals surface area contributed by atoms with Crippen molar-refractivity contribution in [2.75, 3.05) is 17.7 Å². The van der Waals surface area contributed by atoms with Crippen LogP contribution in [0.1, 0.15) is 12.5 Å². The molecule has 0 spiro atoms. The summed E-state index contributed by atoms with van der Waals surface area (Å²) in [5, 5.41) is 2.85. The fraction of sp³-hybridized carbons (Fsp3) is 0.188. The molecule has 0 saturated carbocycles. The molecule has 0 unspecified atom stereocenters. The van der Waals surface area contributed by atoms with Crippen molar-refractivity contribution in [3.63, 3.8) is 0 Å². The normalized spacial score (nSPS) is 10.1. The third kappa shape index (κ3) is 3.75. The van der Waals surface area contributed by atoms with Gasteiger partial charge in [-0.15, -0.1) is 0 Å². The Morgan fingerprint density at radius 1 is 1.20 bits per heavy atom. The van der Waals surface area contributed by atoms with E-state index in [0.717, 1.165) is 17.7 Å². The number of carbonyl (C=O) groups is 1. The fourth-order valence-electron chi connectivity index (χ4n) is 1.89. The predicted octanol–water partition coefficient (Wildman–Crippen LogP) is 2.85. The van der Waals surface area contributed by atoms with Crippen LogP contribution in [0, 0.1) is 0 Å². The summed E-state index contributed by atoms with van der Waals surface area (Å²) in [4.78, 5) is 11.9. The molecule has 0 radical (unpaired) electrons. The van der Waals surface area contributed by atoms with E-state index in [-0.39, 0.29) is 12.5 Å². The van der Waals surface area contributed by atoms with Crippen LogP contribution in [0.4, 0.5) is 11.4 Å². The Balaban J connectivity index is 1.93. The molecule has 0 saturated heterocycles. The fourth-order valence-corrected chi connectivity index (χ4v) is 1.89. The highest BCUT2D eigenvalue weighted by atomic mass is 16.5. The van der Waals surface area contributed by atoms with E-state index >= 15 is 0 Å². The van der Waals surface area contributed by atoms with E-state index in [0.29, 0.717) is 11.4 Å². The molecule has 104 valence electrons. The van der Waals surface area contributed by atoms with Crippen LogP contribution in [0.25, 0.3) is 0 Å². The molecule has 2 aromatic rings. The summed E-state index contributed by atoms with van der Waals surface area (Å²) in [5.74, 6) is 0.400. The van der Waals surface area contributed by atoms with Crippen LogP contribution in [-0.2, 0) is 11.2 Å². The molecular formula is C16H18N2O2. The first kappa shape index (κ1) is 13.9. The summed E-state index contributed by atoms with van der Waals surface area (Å²) in [6.45, 7) is 2.01. The highest BCUT2D eigenvalue weighted by Gasteiger charge is 2.06. The SMILES string of the molecule is CCc1ccccc1NC(=O)COc1cccc(N)c1. The van der Waals surface area contributed by atoms with Crippen molar-refractivity contribution in [1.82, 2.24) is 0 Å². The summed E-state index contributed by atoms with van der Waals surface area (Å²) < 4.78 is 5.40. The van der Waals surface area contributed by atoms with Gasteiger partial charge in [0.15, 0.2) is 6.61 Å². The van der Waals surface area contributed by atoms with Crippen LogP contribution >= 0.6 is 0 Å². The number of amides is 1. The quantitative estimate of drug-likeness (QED) is 0.821. The van der Waals surface area contributed by atoms with Gasteiger partial charge in [-0.3, -0.25) is 4.79 Å². The average molecular weight is 270 g/mol. The predicted molar refractivity (Wildman–Crippen MR) is 80.8 cm³/mol. The van der Waals surface area contributed by atoms with Gasteiger partial charge in [-0.2, -0.15) is 0 Å². The van der Waals surface area contributed by atoms with E-state index in [2.05, 4.69) is 5.32 Å². The maximum Gasteiger partial charge on any atom is 0.262 e. The van der Waals surface area contributed by atoms with Gasteiger partial charge in [0, 0.05) is 17.4 Å². The van der Waals surface area contributed by atoms with Gasteiger partial charge in [0.2, 0.25) is 0 Å². The second-order valence-corrected chi connectivity index (χ2v) is 4.42. The van der Waals surface area contributed by atoms with Crippen molar-refractivity contribution in [3.8, 4) is 5.75 Å². The Labute approximate surface area is 118 Å². The number of para-hydroxylation sites is 1. The molecule has 0 aliphatic carbocycles. The van der Waals surface area contributed by atoms with E-state index in [1.165, 1.54) is 0 Å². The van der Waals surface area contributed by atoms with Gasteiger partial charge in [0.05, 0.1) is 0 Å². The zero-order chi connectivity index (χ0) is 14.4. The zero-order valence-corrected chi connectivity index (χ0v) is 11.4. The Bertz CT molecular complexity index is 597. The van der Waals surface area contributed by atoms with E-state index in [4.69, 9.17) is 10.5 Å². The maximum atomic E-state index is 11.9. The van der Waals surface area contributed by atoms with Crippen LogP contribution in [0.5, 0.6) is 5.75 Å². The standard InChI is InChI=1S/C16H18N2O2/c1-2-12-6-3-4-9-15(12)18-16(19)11-20-14-8-5-7-13(17)10-14/h3-10H,2,11,17H2,1H3,(H,18,19). The number of nitrogens with one attached hydrogen (secondary N) is 1. The zero-order valence-electron chi connectivity index (χ0n) is 11.4. The van der Waals surface area contributed by atoms with E-state index in [9.17, 15) is 4.79 Å². The van der Waals surface area contributed by atoms with Crippen molar-refractivity contribution < 1.29 is 9.53 Å². The molecule has 0 atom stereocenters. The second kappa shape index (κ2) is 6.61. The molecule has 2 aromatic carbocycles. The second-order valence-electron chi connectivity index (χ2n) is 4.42. The summed E-state index contributed by atoms with van der Waals surface area (Å²) in [6.07, 6.45) is 0.868. The van der Waals surface area contributed by atoms with Crippen LogP contribution in [0.3, 0.4) is 0 Å². The topological polar surface area (TPSA) is 64.3 Å². The van der Waals surface area contributed by atoms with Crippen LogP contribution in [0.15, 0.2) is 48.5 Å². The molecule has 0 aliphatic heterocycles. The van der Waals surface area contributed by atoms with E-state index in [1.54, 1.807) is 24.3 Å². The number of rotatable bonds is 5. The lowest BCUT2D eigenvalue weighted by Gasteiger charge is -2.10. The van der Waals surface area contributed by atoms with Gasteiger partial charge >= 0.3 is 0 Å². The molecule has 20 heavy (non-hydrogen) atoms. The Morgan fingerprint density at radius 3 is 2.75 bits per heavy atom. The molecule has 0 bridgehead atoms. The van der Waals surface area contributed by atoms with Crippen LogP contribution in [0.2, 0.25) is 0 Å². The van der Waals surface area contributed by atoms with Crippen molar-refractivity contribution in [2.24, 2.45) is 0 Å². The summed E-state index contributed by atoms with van der Waals surface area (Å²) in [5.41, 5.74) is 8.19. The van der Waals surface area contributed by atoms with Crippen molar-refractivity contribution in [1.29, 1.82) is 0 Å². The summed E-state index contributed by atoms with van der Waals surface area (Å²) >= 11 is 0. The van der Waals surface area contributed by atoms with Gasteiger partial charge < -0.3 is 15.8 Å². The lowest BCUT2D eigenvalue weighted by molar-refractivity contribution is -0.118. The van der Waals surface area contributed by atoms with Crippen LogP contribution < -0.4 is 15.8 Å². The molecular weight excluding hydrogens is 252 g/mol. The lowest BCUT2D eigenvalue weighted by atomic mass is 10.1. The van der Waals surface area contributed by atoms with Crippen molar-refractivity contribution in [3.05, 3.63) is 54.1 Å². The Morgan fingerprint density at radius 2 is 2.00 bits per heavy atom. The van der Waals surface area contributed by atoms with Crippen LogP contribution in [-0.4, -0.2) is 12.5 Å². The van der Waals surface area contributed by atoms with E-state index < -0.39 is 0 Å². The Kier molecular flexibility index (Phi) is 4.60. The number of carbonyl (C=O) groups excluding carboxylic acids is 1. The first-order valence-corrected chi connectivity index (χ1v) is 6.55. The van der Waals surface area contributed by atoms with Gasteiger partial charge in [-0.05, 0) is 30.2 Å². The number of hydrogen-bond acceptors (Lipinski definition) is 3. The smallest absolute Gasteiger partial charge is 0.262 e. The number of ether oxygens (including phenoxy) is 1. The van der Waals surface area contributed by atoms with Crippen molar-refractivity contribution in [2.45, 2.75) is 13.3 Å².